The standard InChI is InChI=1S/C15H32O4Si/c1-14(2,3)16-18-20(7,19-17-15(4,5)6)13-11-9-8-10-12-13/h13H,8-12H2,1-7H3. The Morgan fingerprint density at radius 1 is 0.750 bits per heavy atom. The average molecular weight is 305 g/mol. The molecule has 0 aliphatic heterocycles. The summed E-state index contributed by atoms with van der Waals surface area (Å²) >= 11 is 0. The highest BCUT2D eigenvalue weighted by Gasteiger charge is 2.46. The smallest absolute Gasteiger partial charge is 0.248 e. The van der Waals surface area contributed by atoms with Gasteiger partial charge in [-0.1, -0.05) is 19.3 Å². The molecule has 1 aliphatic carbocycles. The van der Waals surface area contributed by atoms with Crippen LogP contribution in [0.15, 0.2) is 0 Å². The average Bonchev–Trinajstić information content (AvgIpc) is 2.33. The number of rotatable bonds is 5. The van der Waals surface area contributed by atoms with Crippen molar-refractivity contribution in [2.75, 3.05) is 0 Å². The van der Waals surface area contributed by atoms with Crippen LogP contribution in [-0.4, -0.2) is 19.8 Å². The van der Waals surface area contributed by atoms with E-state index in [1.54, 1.807) is 0 Å². The van der Waals surface area contributed by atoms with E-state index >= 15 is 0 Å². The van der Waals surface area contributed by atoms with Crippen molar-refractivity contribution in [2.45, 2.75) is 96.9 Å². The molecule has 0 saturated heterocycles. The molecule has 0 atom stereocenters. The van der Waals surface area contributed by atoms with Crippen LogP contribution in [0.25, 0.3) is 0 Å². The molecular weight excluding hydrogens is 272 g/mol. The third-order valence-corrected chi connectivity index (χ3v) is 6.15. The molecule has 0 N–H and O–H groups in total. The maximum atomic E-state index is 5.82. The van der Waals surface area contributed by atoms with Crippen LogP contribution in [0.5, 0.6) is 0 Å². The normalized spacial score (nSPS) is 19.4. The van der Waals surface area contributed by atoms with Gasteiger partial charge in [0.15, 0.2) is 0 Å². The Labute approximate surface area is 125 Å². The van der Waals surface area contributed by atoms with E-state index in [-0.39, 0.29) is 11.2 Å². The lowest BCUT2D eigenvalue weighted by atomic mass is 10.0. The molecule has 1 rings (SSSR count). The molecule has 1 saturated carbocycles. The molecule has 120 valence electrons. The van der Waals surface area contributed by atoms with Crippen LogP contribution in [0.3, 0.4) is 0 Å². The molecule has 0 aromatic carbocycles. The summed E-state index contributed by atoms with van der Waals surface area (Å²) in [6.07, 6.45) is 6.07. The van der Waals surface area contributed by atoms with Gasteiger partial charge in [-0.3, -0.25) is 0 Å². The largest absolute Gasteiger partial charge is 0.409 e. The van der Waals surface area contributed by atoms with E-state index in [0.717, 1.165) is 12.8 Å². The van der Waals surface area contributed by atoms with Gasteiger partial charge < -0.3 is 0 Å². The van der Waals surface area contributed by atoms with Crippen molar-refractivity contribution < 1.29 is 18.9 Å². The van der Waals surface area contributed by atoms with Gasteiger partial charge in [-0.25, -0.2) is 18.9 Å². The molecule has 20 heavy (non-hydrogen) atoms. The predicted octanol–water partition coefficient (Wildman–Crippen LogP) is 4.89. The zero-order valence-electron chi connectivity index (χ0n) is 14.2. The molecule has 0 aromatic rings. The zero-order valence-corrected chi connectivity index (χ0v) is 15.2. The molecule has 0 heterocycles. The molecule has 0 radical (unpaired) electrons. The van der Waals surface area contributed by atoms with Crippen molar-refractivity contribution in [2.24, 2.45) is 0 Å². The summed E-state index contributed by atoms with van der Waals surface area (Å²) in [5.41, 5.74) is -0.247. The monoisotopic (exact) mass is 304 g/mol. The molecule has 0 aromatic heterocycles. The Bertz CT molecular complexity index is 269. The maximum Gasteiger partial charge on any atom is 0.409 e. The van der Waals surface area contributed by atoms with Crippen LogP contribution in [-0.2, 0) is 18.9 Å². The summed E-state index contributed by atoms with van der Waals surface area (Å²) < 4.78 is 11.6. The van der Waals surface area contributed by atoms with Crippen molar-refractivity contribution in [3.05, 3.63) is 0 Å². The first-order valence-electron chi connectivity index (χ1n) is 7.76. The van der Waals surface area contributed by atoms with E-state index in [4.69, 9.17) is 18.9 Å². The van der Waals surface area contributed by atoms with Gasteiger partial charge in [0.2, 0.25) is 0 Å². The lowest BCUT2D eigenvalue weighted by Crippen LogP contribution is -2.47. The van der Waals surface area contributed by atoms with Crippen LogP contribution >= 0.6 is 0 Å². The Balaban J connectivity index is 2.70. The van der Waals surface area contributed by atoms with E-state index in [1.165, 1.54) is 19.3 Å². The van der Waals surface area contributed by atoms with Gasteiger partial charge in [-0.15, -0.1) is 0 Å². The summed E-state index contributed by atoms with van der Waals surface area (Å²) in [6.45, 7) is 13.9. The number of hydrogen-bond acceptors (Lipinski definition) is 4. The first-order chi connectivity index (χ1) is 9.02. The molecule has 0 spiro atoms. The highest BCUT2D eigenvalue weighted by atomic mass is 28.4. The highest BCUT2D eigenvalue weighted by Crippen LogP contribution is 2.39. The molecule has 1 fully saturated rings. The van der Waals surface area contributed by atoms with E-state index < -0.39 is 8.56 Å². The fraction of sp³-hybridized carbons (Fsp3) is 1.00. The van der Waals surface area contributed by atoms with Gasteiger partial charge in [-0.2, -0.15) is 0 Å². The summed E-state index contributed by atoms with van der Waals surface area (Å²) in [5, 5.41) is 0. The predicted molar refractivity (Wildman–Crippen MR) is 82.3 cm³/mol. The van der Waals surface area contributed by atoms with Crippen molar-refractivity contribution in [1.29, 1.82) is 0 Å². The van der Waals surface area contributed by atoms with Gasteiger partial charge in [0.25, 0.3) is 0 Å². The minimum atomic E-state index is -2.51. The quantitative estimate of drug-likeness (QED) is 0.412. The fourth-order valence-electron chi connectivity index (χ4n) is 2.19. The molecule has 0 bridgehead atoms. The first kappa shape index (κ1) is 18.1. The van der Waals surface area contributed by atoms with Crippen molar-refractivity contribution in [3.8, 4) is 0 Å². The Morgan fingerprint density at radius 3 is 1.50 bits per heavy atom. The second-order valence-electron chi connectivity index (χ2n) is 7.91. The maximum absolute atomic E-state index is 5.82. The van der Waals surface area contributed by atoms with Crippen molar-refractivity contribution in [1.82, 2.24) is 0 Å². The van der Waals surface area contributed by atoms with Gasteiger partial charge in [0, 0.05) is 5.54 Å². The van der Waals surface area contributed by atoms with E-state index in [9.17, 15) is 0 Å². The number of hydrogen-bond donors (Lipinski definition) is 0. The van der Waals surface area contributed by atoms with Gasteiger partial charge in [-0.05, 0) is 60.9 Å². The fourth-order valence-corrected chi connectivity index (χ4v) is 4.78. The third-order valence-electron chi connectivity index (χ3n) is 3.26. The van der Waals surface area contributed by atoms with Gasteiger partial charge in [0.1, 0.15) is 0 Å². The molecule has 1 aliphatic rings. The second kappa shape index (κ2) is 6.88. The van der Waals surface area contributed by atoms with Crippen LogP contribution in [0.4, 0.5) is 0 Å². The molecule has 0 unspecified atom stereocenters. The van der Waals surface area contributed by atoms with Crippen molar-refractivity contribution >= 4 is 8.56 Å². The summed E-state index contributed by atoms with van der Waals surface area (Å²) in [7, 11) is -2.51. The molecular formula is C15H32O4Si. The van der Waals surface area contributed by atoms with Crippen LogP contribution < -0.4 is 0 Å². The van der Waals surface area contributed by atoms with Crippen LogP contribution in [0.2, 0.25) is 12.1 Å². The third kappa shape index (κ3) is 6.67. The van der Waals surface area contributed by atoms with E-state index in [1.807, 2.05) is 41.5 Å². The Kier molecular flexibility index (Phi) is 6.23. The highest BCUT2D eigenvalue weighted by molar-refractivity contribution is 6.67. The minimum Gasteiger partial charge on any atom is -0.248 e. The Hall–Kier alpha value is 0.0569. The molecule has 5 heteroatoms. The first-order valence-corrected chi connectivity index (χ1v) is 10.1. The van der Waals surface area contributed by atoms with Crippen LogP contribution in [0, 0.1) is 0 Å². The summed E-state index contributed by atoms with van der Waals surface area (Å²) in [5.74, 6) is 0. The lowest BCUT2D eigenvalue weighted by molar-refractivity contribution is -0.350. The Morgan fingerprint density at radius 2 is 1.15 bits per heavy atom. The molecule has 4 nitrogen and oxygen atoms in total. The van der Waals surface area contributed by atoms with E-state index in [2.05, 4.69) is 6.55 Å². The summed E-state index contributed by atoms with van der Waals surface area (Å²) in [4.78, 5) is 11.1. The zero-order chi connectivity index (χ0) is 15.4. The van der Waals surface area contributed by atoms with Crippen molar-refractivity contribution in [3.63, 3.8) is 0 Å². The SMILES string of the molecule is CC(C)(C)OO[Si](C)(OOC(C)(C)C)C1CCCCC1. The van der Waals surface area contributed by atoms with Gasteiger partial charge in [0.05, 0.1) is 11.2 Å². The topological polar surface area (TPSA) is 36.9 Å². The second-order valence-corrected chi connectivity index (χ2v) is 11.1. The van der Waals surface area contributed by atoms with Crippen LogP contribution in [0.1, 0.15) is 73.6 Å². The minimum absolute atomic E-state index is 0.339. The molecule has 0 amide bonds. The van der Waals surface area contributed by atoms with E-state index in [0.29, 0.717) is 5.54 Å². The lowest BCUT2D eigenvalue weighted by Gasteiger charge is -2.37. The summed E-state index contributed by atoms with van der Waals surface area (Å²) in [6, 6.07) is 0. The van der Waals surface area contributed by atoms with Gasteiger partial charge >= 0.3 is 8.56 Å².